The largest absolute Gasteiger partial charge is 0.357 e. The van der Waals surface area contributed by atoms with E-state index >= 15 is 0 Å². The summed E-state index contributed by atoms with van der Waals surface area (Å²) in [6.07, 6.45) is 2.38. The first-order valence-electron chi connectivity index (χ1n) is 7.48. The summed E-state index contributed by atoms with van der Waals surface area (Å²) in [5.74, 6) is 0.207. The molecule has 1 amide bonds. The van der Waals surface area contributed by atoms with Crippen molar-refractivity contribution in [2.24, 2.45) is 0 Å². The molecule has 1 heterocycles. The third-order valence-corrected chi connectivity index (χ3v) is 5.99. The monoisotopic (exact) mass is 402 g/mol. The Morgan fingerprint density at radius 2 is 2.21 bits per heavy atom. The Balaban J connectivity index is 1.48. The lowest BCUT2D eigenvalue weighted by molar-refractivity contribution is -0.119. The van der Waals surface area contributed by atoms with E-state index in [0.717, 1.165) is 15.0 Å². The van der Waals surface area contributed by atoms with Crippen LogP contribution in [0.15, 0.2) is 22.5 Å². The van der Waals surface area contributed by atoms with E-state index in [1.54, 1.807) is 12.1 Å². The van der Waals surface area contributed by atoms with Crippen molar-refractivity contribution in [1.82, 2.24) is 15.5 Å². The minimum atomic E-state index is -0.190. The molecule has 1 fully saturated rings. The fourth-order valence-electron chi connectivity index (χ4n) is 2.07. The van der Waals surface area contributed by atoms with Crippen LogP contribution in [0.5, 0.6) is 0 Å². The number of amides is 1. The van der Waals surface area contributed by atoms with Gasteiger partial charge in [0.1, 0.15) is 0 Å². The summed E-state index contributed by atoms with van der Waals surface area (Å²) in [6.45, 7) is 1.89. The summed E-state index contributed by atoms with van der Waals surface area (Å²) in [5, 5.41) is 16.3. The lowest BCUT2D eigenvalue weighted by atomic mass is 10.1. The molecule has 1 aliphatic carbocycles. The maximum absolute atomic E-state index is 12.1. The first-order chi connectivity index (χ1) is 11.5. The van der Waals surface area contributed by atoms with Gasteiger partial charge >= 0.3 is 0 Å². The second kappa shape index (κ2) is 7.91. The van der Waals surface area contributed by atoms with E-state index in [4.69, 9.17) is 23.2 Å². The van der Waals surface area contributed by atoms with Crippen molar-refractivity contribution in [3.63, 3.8) is 0 Å². The highest BCUT2D eigenvalue weighted by molar-refractivity contribution is 8.01. The predicted octanol–water partition coefficient (Wildman–Crippen LogP) is 4.39. The lowest BCUT2D eigenvalue weighted by Gasteiger charge is -2.15. The third-order valence-electron chi connectivity index (χ3n) is 3.44. The van der Waals surface area contributed by atoms with Crippen LogP contribution in [0.2, 0.25) is 10.0 Å². The van der Waals surface area contributed by atoms with Gasteiger partial charge in [-0.15, -0.1) is 10.2 Å². The van der Waals surface area contributed by atoms with E-state index < -0.39 is 0 Å². The molecule has 0 unspecified atom stereocenters. The number of halogens is 2. The van der Waals surface area contributed by atoms with Gasteiger partial charge in [0, 0.05) is 16.1 Å². The fourth-order valence-corrected chi connectivity index (χ4v) is 4.28. The molecule has 2 N–H and O–H groups in total. The predicted molar refractivity (Wildman–Crippen MR) is 100 cm³/mol. The van der Waals surface area contributed by atoms with E-state index in [2.05, 4.69) is 20.8 Å². The van der Waals surface area contributed by atoms with E-state index in [1.807, 2.05) is 13.0 Å². The molecule has 5 nitrogen and oxygen atoms in total. The summed E-state index contributed by atoms with van der Waals surface area (Å²) in [4.78, 5) is 12.1. The zero-order valence-corrected chi connectivity index (χ0v) is 16.0. The molecule has 0 bridgehead atoms. The smallest absolute Gasteiger partial charge is 0.230 e. The number of nitrogens with zero attached hydrogens (tertiary/aromatic N) is 2. The second-order valence-electron chi connectivity index (χ2n) is 5.54. The number of nitrogens with one attached hydrogen (secondary N) is 2. The molecule has 1 aromatic carbocycles. The molecule has 1 saturated carbocycles. The van der Waals surface area contributed by atoms with Gasteiger partial charge in [0.25, 0.3) is 0 Å². The number of hydrogen-bond acceptors (Lipinski definition) is 6. The molecular formula is C15H16Cl2N4OS2. The van der Waals surface area contributed by atoms with Gasteiger partial charge in [0.2, 0.25) is 11.0 Å². The molecule has 3 rings (SSSR count). The Kier molecular flexibility index (Phi) is 5.86. The second-order valence-corrected chi connectivity index (χ2v) is 8.58. The van der Waals surface area contributed by atoms with Gasteiger partial charge in [-0.1, -0.05) is 52.4 Å². The van der Waals surface area contributed by atoms with Crippen LogP contribution in [0.4, 0.5) is 5.13 Å². The minimum absolute atomic E-state index is 0.0783. The molecule has 0 radical (unpaired) electrons. The van der Waals surface area contributed by atoms with E-state index in [-0.39, 0.29) is 17.7 Å². The summed E-state index contributed by atoms with van der Waals surface area (Å²) in [7, 11) is 0. The number of rotatable bonds is 7. The normalized spacial score (nSPS) is 15.1. The van der Waals surface area contributed by atoms with Gasteiger partial charge in [0.05, 0.1) is 11.8 Å². The van der Waals surface area contributed by atoms with E-state index in [9.17, 15) is 4.79 Å². The highest BCUT2D eigenvalue weighted by atomic mass is 35.5. The molecule has 128 valence electrons. The molecule has 1 aromatic heterocycles. The van der Waals surface area contributed by atoms with Gasteiger partial charge in [-0.05, 0) is 37.5 Å². The molecular weight excluding hydrogens is 387 g/mol. The number of thioether (sulfide) groups is 1. The molecule has 0 saturated heterocycles. The highest BCUT2D eigenvalue weighted by Crippen LogP contribution is 2.30. The number of aromatic nitrogens is 2. The van der Waals surface area contributed by atoms with Crippen LogP contribution >= 0.6 is 46.3 Å². The van der Waals surface area contributed by atoms with Crippen LogP contribution in [0.25, 0.3) is 0 Å². The number of anilines is 1. The van der Waals surface area contributed by atoms with Gasteiger partial charge < -0.3 is 10.6 Å². The topological polar surface area (TPSA) is 66.9 Å². The molecule has 1 atom stereocenters. The number of carbonyl (C=O) groups is 1. The van der Waals surface area contributed by atoms with Crippen LogP contribution in [0.1, 0.15) is 31.4 Å². The SMILES string of the molecule is C[C@H](NC(=O)CSc1nnc(NC2CC2)s1)c1ccc(Cl)cc1Cl. The van der Waals surface area contributed by atoms with Crippen LogP contribution < -0.4 is 10.6 Å². The third kappa shape index (κ3) is 4.99. The quantitative estimate of drug-likeness (QED) is 0.672. The van der Waals surface area contributed by atoms with Crippen molar-refractivity contribution < 1.29 is 4.79 Å². The zero-order valence-electron chi connectivity index (χ0n) is 12.9. The van der Waals surface area contributed by atoms with Crippen molar-refractivity contribution in [3.05, 3.63) is 33.8 Å². The van der Waals surface area contributed by atoms with Crippen molar-refractivity contribution >= 4 is 57.3 Å². The summed E-state index contributed by atoms with van der Waals surface area (Å²) < 4.78 is 0.783. The maximum atomic E-state index is 12.1. The van der Waals surface area contributed by atoms with Gasteiger partial charge in [0.15, 0.2) is 4.34 Å². The molecule has 0 spiro atoms. The molecule has 1 aliphatic rings. The Morgan fingerprint density at radius 1 is 1.42 bits per heavy atom. The standard InChI is InChI=1S/C15H16Cl2N4OS2/c1-8(11-5-2-9(16)6-12(11)17)18-13(22)7-23-15-21-20-14(24-15)19-10-3-4-10/h2,5-6,8,10H,3-4,7H2,1H3,(H,18,22)(H,19,20)/t8-/m0/s1. The van der Waals surface area contributed by atoms with Crippen molar-refractivity contribution in [2.45, 2.75) is 36.2 Å². The van der Waals surface area contributed by atoms with Crippen LogP contribution in [-0.2, 0) is 4.79 Å². The van der Waals surface area contributed by atoms with Crippen LogP contribution in [-0.4, -0.2) is 27.9 Å². The Bertz CT molecular complexity index is 736. The molecule has 2 aromatic rings. The van der Waals surface area contributed by atoms with Crippen LogP contribution in [0, 0.1) is 0 Å². The van der Waals surface area contributed by atoms with Crippen molar-refractivity contribution in [2.75, 3.05) is 11.1 Å². The van der Waals surface area contributed by atoms with Crippen molar-refractivity contribution in [3.8, 4) is 0 Å². The van der Waals surface area contributed by atoms with E-state index in [0.29, 0.717) is 16.1 Å². The Hall–Kier alpha value is -1.02. The Labute approximate surface area is 158 Å². The van der Waals surface area contributed by atoms with Crippen LogP contribution in [0.3, 0.4) is 0 Å². The molecule has 0 aliphatic heterocycles. The molecule has 24 heavy (non-hydrogen) atoms. The van der Waals surface area contributed by atoms with E-state index in [1.165, 1.54) is 35.9 Å². The number of hydrogen-bond donors (Lipinski definition) is 2. The molecule has 9 heteroatoms. The fraction of sp³-hybridized carbons (Fsp3) is 0.400. The average molecular weight is 403 g/mol. The number of benzene rings is 1. The summed E-state index contributed by atoms with van der Waals surface area (Å²) in [5.41, 5.74) is 0.839. The first kappa shape index (κ1) is 17.8. The minimum Gasteiger partial charge on any atom is -0.357 e. The Morgan fingerprint density at radius 3 is 2.92 bits per heavy atom. The lowest BCUT2D eigenvalue weighted by Crippen LogP contribution is -2.28. The van der Waals surface area contributed by atoms with Gasteiger partial charge in [-0.2, -0.15) is 0 Å². The zero-order chi connectivity index (χ0) is 17.1. The van der Waals surface area contributed by atoms with Crippen molar-refractivity contribution in [1.29, 1.82) is 0 Å². The first-order valence-corrected chi connectivity index (χ1v) is 10.0. The van der Waals surface area contributed by atoms with Gasteiger partial charge in [-0.3, -0.25) is 4.79 Å². The highest BCUT2D eigenvalue weighted by Gasteiger charge is 2.22. The number of carbonyl (C=O) groups excluding carboxylic acids is 1. The maximum Gasteiger partial charge on any atom is 0.230 e. The summed E-state index contributed by atoms with van der Waals surface area (Å²) >= 11 is 14.9. The average Bonchev–Trinajstić information content (AvgIpc) is 3.21. The van der Waals surface area contributed by atoms with Gasteiger partial charge in [-0.25, -0.2) is 0 Å². The summed E-state index contributed by atoms with van der Waals surface area (Å²) in [6, 6.07) is 5.61.